The minimum atomic E-state index is 0.0694. The molecule has 0 aromatic carbocycles. The standard InChI is InChI=1S/C12H20N2O2/c1-10(2)8-11(13-16-3)9-12(15)14-6-4-5-7-14/h4-7,10-11,13H,8-9H2,1-3H3. The topological polar surface area (TPSA) is 43.3 Å². The minimum Gasteiger partial charge on any atom is -0.305 e. The molecule has 0 amide bonds. The van der Waals surface area contributed by atoms with Crippen molar-refractivity contribution in [2.75, 3.05) is 7.11 Å². The first-order chi connectivity index (χ1) is 7.63. The van der Waals surface area contributed by atoms with E-state index in [1.807, 2.05) is 12.1 Å². The Labute approximate surface area is 96.5 Å². The van der Waals surface area contributed by atoms with Gasteiger partial charge < -0.3 is 4.84 Å². The molecule has 0 fully saturated rings. The first-order valence-corrected chi connectivity index (χ1v) is 5.58. The molecule has 0 spiro atoms. The molecular weight excluding hydrogens is 204 g/mol. The van der Waals surface area contributed by atoms with E-state index >= 15 is 0 Å². The number of hydrogen-bond donors (Lipinski definition) is 1. The molecule has 0 bridgehead atoms. The Bertz CT molecular complexity index is 307. The van der Waals surface area contributed by atoms with Crippen molar-refractivity contribution < 1.29 is 9.63 Å². The molecule has 1 unspecified atom stereocenters. The van der Waals surface area contributed by atoms with Crippen LogP contribution in [0, 0.1) is 5.92 Å². The summed E-state index contributed by atoms with van der Waals surface area (Å²) >= 11 is 0. The molecule has 1 heterocycles. The molecule has 1 aromatic rings. The third kappa shape index (κ3) is 4.16. The van der Waals surface area contributed by atoms with E-state index in [4.69, 9.17) is 4.84 Å². The smallest absolute Gasteiger partial charge is 0.232 e. The van der Waals surface area contributed by atoms with Gasteiger partial charge in [-0.05, 0) is 24.5 Å². The van der Waals surface area contributed by atoms with Crippen molar-refractivity contribution in [2.24, 2.45) is 5.92 Å². The Balaban J connectivity index is 2.51. The first-order valence-electron chi connectivity index (χ1n) is 5.58. The fourth-order valence-electron chi connectivity index (χ4n) is 1.73. The molecular formula is C12H20N2O2. The van der Waals surface area contributed by atoms with Crippen LogP contribution in [0.25, 0.3) is 0 Å². The van der Waals surface area contributed by atoms with Crippen LogP contribution < -0.4 is 5.48 Å². The average molecular weight is 224 g/mol. The lowest BCUT2D eigenvalue weighted by Gasteiger charge is -2.18. The Morgan fingerprint density at radius 2 is 2.00 bits per heavy atom. The maximum atomic E-state index is 11.8. The number of aromatic nitrogens is 1. The number of nitrogens with one attached hydrogen (secondary N) is 1. The zero-order valence-electron chi connectivity index (χ0n) is 10.1. The molecule has 1 aromatic heterocycles. The van der Waals surface area contributed by atoms with Crippen LogP contribution in [-0.4, -0.2) is 23.6 Å². The highest BCUT2D eigenvalue weighted by molar-refractivity contribution is 5.79. The van der Waals surface area contributed by atoms with Crippen molar-refractivity contribution in [2.45, 2.75) is 32.7 Å². The van der Waals surface area contributed by atoms with Gasteiger partial charge in [0.25, 0.3) is 0 Å². The summed E-state index contributed by atoms with van der Waals surface area (Å²) in [5.41, 5.74) is 2.87. The molecule has 0 saturated heterocycles. The summed E-state index contributed by atoms with van der Waals surface area (Å²) in [4.78, 5) is 16.8. The number of hydrogen-bond acceptors (Lipinski definition) is 3. The zero-order valence-corrected chi connectivity index (χ0v) is 10.1. The molecule has 1 rings (SSSR count). The Morgan fingerprint density at radius 3 is 2.50 bits per heavy atom. The summed E-state index contributed by atoms with van der Waals surface area (Å²) in [6.45, 7) is 4.26. The third-order valence-electron chi connectivity index (χ3n) is 2.35. The highest BCUT2D eigenvalue weighted by Gasteiger charge is 2.15. The van der Waals surface area contributed by atoms with Gasteiger partial charge in [-0.15, -0.1) is 0 Å². The van der Waals surface area contributed by atoms with E-state index in [2.05, 4.69) is 19.3 Å². The SMILES string of the molecule is CONC(CC(=O)n1cccc1)CC(C)C. The predicted molar refractivity (Wildman–Crippen MR) is 63.1 cm³/mol. The van der Waals surface area contributed by atoms with Gasteiger partial charge in [0.15, 0.2) is 0 Å². The van der Waals surface area contributed by atoms with Gasteiger partial charge in [0.2, 0.25) is 5.91 Å². The normalized spacial score (nSPS) is 13.0. The van der Waals surface area contributed by atoms with Gasteiger partial charge in [0.1, 0.15) is 0 Å². The quantitative estimate of drug-likeness (QED) is 0.752. The van der Waals surface area contributed by atoms with E-state index in [1.54, 1.807) is 24.1 Å². The lowest BCUT2D eigenvalue weighted by Crippen LogP contribution is -2.33. The molecule has 16 heavy (non-hydrogen) atoms. The third-order valence-corrected chi connectivity index (χ3v) is 2.35. The Hall–Kier alpha value is -1.13. The summed E-state index contributed by atoms with van der Waals surface area (Å²) in [5, 5.41) is 0. The summed E-state index contributed by atoms with van der Waals surface area (Å²) in [5.74, 6) is 0.616. The van der Waals surface area contributed by atoms with E-state index < -0.39 is 0 Å². The van der Waals surface area contributed by atoms with Crippen molar-refractivity contribution in [3.63, 3.8) is 0 Å². The van der Waals surface area contributed by atoms with Gasteiger partial charge in [-0.2, -0.15) is 5.48 Å². The largest absolute Gasteiger partial charge is 0.305 e. The van der Waals surface area contributed by atoms with Gasteiger partial charge in [-0.3, -0.25) is 9.36 Å². The van der Waals surface area contributed by atoms with Gasteiger partial charge >= 0.3 is 0 Å². The van der Waals surface area contributed by atoms with Crippen molar-refractivity contribution in [1.29, 1.82) is 0 Å². The zero-order chi connectivity index (χ0) is 12.0. The van der Waals surface area contributed by atoms with Gasteiger partial charge in [0, 0.05) is 24.9 Å². The molecule has 90 valence electrons. The maximum absolute atomic E-state index is 11.8. The van der Waals surface area contributed by atoms with Crippen molar-refractivity contribution in [3.8, 4) is 0 Å². The summed E-state index contributed by atoms with van der Waals surface area (Å²) in [6.07, 6.45) is 4.89. The van der Waals surface area contributed by atoms with Crippen LogP contribution in [0.1, 0.15) is 31.5 Å². The van der Waals surface area contributed by atoms with E-state index in [1.165, 1.54) is 0 Å². The van der Waals surface area contributed by atoms with Crippen LogP contribution in [0.15, 0.2) is 24.5 Å². The molecule has 0 saturated carbocycles. The highest BCUT2D eigenvalue weighted by atomic mass is 16.6. The second-order valence-corrected chi connectivity index (χ2v) is 4.34. The lowest BCUT2D eigenvalue weighted by molar-refractivity contribution is 0.0469. The fourth-order valence-corrected chi connectivity index (χ4v) is 1.73. The number of carbonyl (C=O) groups is 1. The second kappa shape index (κ2) is 6.45. The molecule has 0 aliphatic carbocycles. The average Bonchev–Trinajstić information content (AvgIpc) is 2.69. The van der Waals surface area contributed by atoms with E-state index in [-0.39, 0.29) is 11.9 Å². The van der Waals surface area contributed by atoms with Gasteiger partial charge in [-0.25, -0.2) is 0 Å². The molecule has 4 nitrogen and oxygen atoms in total. The summed E-state index contributed by atoms with van der Waals surface area (Å²) < 4.78 is 1.60. The van der Waals surface area contributed by atoms with Gasteiger partial charge in [0.05, 0.1) is 7.11 Å². The van der Waals surface area contributed by atoms with E-state index in [9.17, 15) is 4.79 Å². The van der Waals surface area contributed by atoms with Crippen molar-refractivity contribution in [1.82, 2.24) is 10.0 Å². The van der Waals surface area contributed by atoms with Gasteiger partial charge in [-0.1, -0.05) is 13.8 Å². The van der Waals surface area contributed by atoms with Crippen LogP contribution in [-0.2, 0) is 4.84 Å². The molecule has 0 radical (unpaired) electrons. The van der Waals surface area contributed by atoms with Crippen molar-refractivity contribution >= 4 is 5.91 Å². The molecule has 4 heteroatoms. The lowest BCUT2D eigenvalue weighted by atomic mass is 10.0. The minimum absolute atomic E-state index is 0.0694. The van der Waals surface area contributed by atoms with E-state index in [0.717, 1.165) is 6.42 Å². The number of carbonyl (C=O) groups excluding carboxylic acids is 1. The number of nitrogens with zero attached hydrogens (tertiary/aromatic N) is 1. The van der Waals surface area contributed by atoms with Crippen molar-refractivity contribution in [3.05, 3.63) is 24.5 Å². The Morgan fingerprint density at radius 1 is 1.38 bits per heavy atom. The fraction of sp³-hybridized carbons (Fsp3) is 0.583. The number of hydroxylamine groups is 1. The first kappa shape index (κ1) is 12.9. The van der Waals surface area contributed by atoms with Crippen LogP contribution >= 0.6 is 0 Å². The van der Waals surface area contributed by atoms with Crippen LogP contribution in [0.3, 0.4) is 0 Å². The monoisotopic (exact) mass is 224 g/mol. The summed E-state index contributed by atoms with van der Waals surface area (Å²) in [7, 11) is 1.58. The van der Waals surface area contributed by atoms with E-state index in [0.29, 0.717) is 12.3 Å². The van der Waals surface area contributed by atoms with Crippen LogP contribution in [0.2, 0.25) is 0 Å². The number of rotatable bonds is 6. The second-order valence-electron chi connectivity index (χ2n) is 4.34. The molecule has 1 atom stereocenters. The molecule has 1 N–H and O–H groups in total. The molecule has 0 aliphatic heterocycles. The summed E-state index contributed by atoms with van der Waals surface area (Å²) in [6, 6.07) is 3.76. The predicted octanol–water partition coefficient (Wildman–Crippen LogP) is 2.08. The maximum Gasteiger partial charge on any atom is 0.232 e. The van der Waals surface area contributed by atoms with Crippen LogP contribution in [0.5, 0.6) is 0 Å². The Kier molecular flexibility index (Phi) is 5.22. The molecule has 0 aliphatic rings. The highest BCUT2D eigenvalue weighted by Crippen LogP contribution is 2.09. The van der Waals surface area contributed by atoms with Crippen LogP contribution in [0.4, 0.5) is 0 Å².